The highest BCUT2D eigenvalue weighted by atomic mass is 32.2. The Morgan fingerprint density at radius 3 is 2.71 bits per heavy atom. The van der Waals surface area contributed by atoms with Crippen molar-refractivity contribution in [2.45, 2.75) is 32.0 Å². The van der Waals surface area contributed by atoms with Gasteiger partial charge in [0.25, 0.3) is 5.56 Å². The molecule has 1 aliphatic rings. The van der Waals surface area contributed by atoms with Gasteiger partial charge in [-0.2, -0.15) is 0 Å². The quantitative estimate of drug-likeness (QED) is 0.314. The Hall–Kier alpha value is -3.78. The number of amides is 1. The molecule has 0 saturated heterocycles. The number of nitrogens with one attached hydrogen (secondary N) is 1. The number of nitrogens with zero attached hydrogens (tertiary/aromatic N) is 2. The summed E-state index contributed by atoms with van der Waals surface area (Å²) in [5.41, 5.74) is 4.21. The van der Waals surface area contributed by atoms with E-state index in [-0.39, 0.29) is 30.1 Å². The lowest BCUT2D eigenvalue weighted by molar-refractivity contribution is -0.119. The highest BCUT2D eigenvalue weighted by molar-refractivity contribution is 7.99. The molecule has 1 atom stereocenters. The second kappa shape index (κ2) is 9.46. The molecule has 0 saturated carbocycles. The van der Waals surface area contributed by atoms with Crippen molar-refractivity contribution in [2.24, 2.45) is 0 Å². The van der Waals surface area contributed by atoms with Crippen LogP contribution in [0.25, 0.3) is 16.6 Å². The lowest BCUT2D eigenvalue weighted by Crippen LogP contribution is -2.29. The van der Waals surface area contributed by atoms with Gasteiger partial charge in [-0.15, -0.1) is 0 Å². The summed E-state index contributed by atoms with van der Waals surface area (Å²) >= 11 is 1.24. The summed E-state index contributed by atoms with van der Waals surface area (Å²) in [5.74, 6) is 1.34. The second-order valence-electron chi connectivity index (χ2n) is 8.53. The summed E-state index contributed by atoms with van der Waals surface area (Å²) in [5, 5.41) is 4.03. The highest BCUT2D eigenvalue weighted by Crippen LogP contribution is 2.34. The minimum Gasteiger partial charge on any atom is -0.454 e. The van der Waals surface area contributed by atoms with Crippen LogP contribution < -0.4 is 20.3 Å². The van der Waals surface area contributed by atoms with Gasteiger partial charge >= 0.3 is 0 Å². The molecular formula is C27H25N3O4S. The molecule has 3 aromatic carbocycles. The third kappa shape index (κ3) is 4.61. The normalized spacial score (nSPS) is 13.1. The highest BCUT2D eigenvalue weighted by Gasteiger charge is 2.19. The summed E-state index contributed by atoms with van der Waals surface area (Å²) in [6.45, 7) is 6.11. The smallest absolute Gasteiger partial charge is 0.266 e. The zero-order valence-corrected chi connectivity index (χ0v) is 20.5. The summed E-state index contributed by atoms with van der Waals surface area (Å²) in [6, 6.07) is 18.6. The van der Waals surface area contributed by atoms with Crippen molar-refractivity contribution in [3.05, 3.63) is 87.7 Å². The van der Waals surface area contributed by atoms with Crippen LogP contribution in [0.3, 0.4) is 0 Å². The zero-order chi connectivity index (χ0) is 24.5. The topological polar surface area (TPSA) is 82.5 Å². The molecular weight excluding hydrogens is 462 g/mol. The van der Waals surface area contributed by atoms with Gasteiger partial charge in [-0.3, -0.25) is 14.2 Å². The van der Waals surface area contributed by atoms with E-state index in [1.807, 2.05) is 75.4 Å². The van der Waals surface area contributed by atoms with Gasteiger partial charge in [-0.1, -0.05) is 47.7 Å². The first-order chi connectivity index (χ1) is 16.9. The number of hydrogen-bond acceptors (Lipinski definition) is 6. The van der Waals surface area contributed by atoms with Crippen LogP contribution >= 0.6 is 11.8 Å². The number of benzene rings is 3. The van der Waals surface area contributed by atoms with Gasteiger partial charge in [0.05, 0.1) is 28.4 Å². The van der Waals surface area contributed by atoms with E-state index in [0.717, 1.165) is 22.4 Å². The molecule has 178 valence electrons. The van der Waals surface area contributed by atoms with Gasteiger partial charge in [0.15, 0.2) is 16.7 Å². The molecule has 5 rings (SSSR count). The van der Waals surface area contributed by atoms with Gasteiger partial charge in [-0.05, 0) is 62.2 Å². The Kier molecular flexibility index (Phi) is 6.21. The average Bonchev–Trinajstić information content (AvgIpc) is 3.32. The average molecular weight is 488 g/mol. The largest absolute Gasteiger partial charge is 0.454 e. The van der Waals surface area contributed by atoms with E-state index in [0.29, 0.717) is 27.6 Å². The number of ether oxygens (including phenoxy) is 2. The number of fused-ring (bicyclic) bond motifs is 2. The number of para-hydroxylation sites is 1. The number of aromatic nitrogens is 2. The van der Waals surface area contributed by atoms with Gasteiger partial charge < -0.3 is 14.8 Å². The van der Waals surface area contributed by atoms with Crippen LogP contribution in [0.2, 0.25) is 0 Å². The van der Waals surface area contributed by atoms with E-state index in [2.05, 4.69) is 5.32 Å². The van der Waals surface area contributed by atoms with Crippen molar-refractivity contribution in [1.29, 1.82) is 0 Å². The molecule has 1 aliphatic heterocycles. The van der Waals surface area contributed by atoms with Gasteiger partial charge in [0.2, 0.25) is 12.7 Å². The van der Waals surface area contributed by atoms with Crippen LogP contribution in [-0.2, 0) is 4.79 Å². The van der Waals surface area contributed by atoms with Crippen molar-refractivity contribution in [2.75, 3.05) is 12.5 Å². The Bertz CT molecular complexity index is 1500. The third-order valence-corrected chi connectivity index (χ3v) is 6.88. The molecule has 0 aliphatic carbocycles. The van der Waals surface area contributed by atoms with Crippen LogP contribution in [0.5, 0.6) is 11.5 Å². The van der Waals surface area contributed by atoms with Crippen LogP contribution in [0.4, 0.5) is 0 Å². The maximum Gasteiger partial charge on any atom is 0.266 e. The van der Waals surface area contributed by atoms with Gasteiger partial charge in [0, 0.05) is 0 Å². The number of hydrogen-bond donors (Lipinski definition) is 1. The Balaban J connectivity index is 1.40. The molecule has 0 radical (unpaired) electrons. The Labute approximate surface area is 207 Å². The number of rotatable bonds is 6. The third-order valence-electron chi connectivity index (χ3n) is 5.94. The number of carbonyl (C=O) groups is 1. The first-order valence-corrected chi connectivity index (χ1v) is 12.3. The monoisotopic (exact) mass is 487 g/mol. The molecule has 0 fully saturated rings. The molecule has 8 heteroatoms. The van der Waals surface area contributed by atoms with Crippen molar-refractivity contribution in [3.63, 3.8) is 0 Å². The molecule has 35 heavy (non-hydrogen) atoms. The fourth-order valence-corrected chi connectivity index (χ4v) is 4.97. The standard InChI is InChI=1S/C27H25N3O4S/c1-16-8-10-22(17(2)12-16)30-26(32)20-6-4-5-7-21(20)29-27(30)35-14-25(31)28-18(3)19-9-11-23-24(13-19)34-15-33-23/h4-13,18H,14-15H2,1-3H3,(H,28,31). The molecule has 0 spiro atoms. The number of carbonyl (C=O) groups excluding carboxylic acids is 1. The maximum atomic E-state index is 13.5. The predicted molar refractivity (Wildman–Crippen MR) is 137 cm³/mol. The second-order valence-corrected chi connectivity index (χ2v) is 9.48. The first kappa shape index (κ1) is 23.0. The van der Waals surface area contributed by atoms with Crippen LogP contribution in [0, 0.1) is 13.8 Å². The minimum atomic E-state index is -0.219. The Morgan fingerprint density at radius 2 is 1.89 bits per heavy atom. The molecule has 0 bridgehead atoms. The SMILES string of the molecule is Cc1ccc(-n2c(SCC(=O)NC(C)c3ccc4c(c3)OCO4)nc3ccccc3c2=O)c(C)c1. The summed E-state index contributed by atoms with van der Waals surface area (Å²) in [7, 11) is 0. The van der Waals surface area contributed by atoms with Gasteiger partial charge in [0.1, 0.15) is 0 Å². The summed E-state index contributed by atoms with van der Waals surface area (Å²) in [4.78, 5) is 31.1. The van der Waals surface area contributed by atoms with Crippen LogP contribution in [0.15, 0.2) is 70.6 Å². The van der Waals surface area contributed by atoms with E-state index < -0.39 is 0 Å². The maximum absolute atomic E-state index is 13.5. The zero-order valence-electron chi connectivity index (χ0n) is 19.7. The predicted octanol–water partition coefficient (Wildman–Crippen LogP) is 4.70. The van der Waals surface area contributed by atoms with E-state index in [4.69, 9.17) is 14.5 Å². The van der Waals surface area contributed by atoms with E-state index in [1.165, 1.54) is 11.8 Å². The molecule has 1 aromatic heterocycles. The van der Waals surface area contributed by atoms with Crippen LogP contribution in [0.1, 0.15) is 29.7 Å². The van der Waals surface area contributed by atoms with E-state index >= 15 is 0 Å². The number of aryl methyl sites for hydroxylation is 2. The minimum absolute atomic E-state index is 0.116. The molecule has 4 aromatic rings. The number of thioether (sulfide) groups is 1. The summed E-state index contributed by atoms with van der Waals surface area (Å²) < 4.78 is 12.4. The van der Waals surface area contributed by atoms with Gasteiger partial charge in [-0.25, -0.2) is 4.98 Å². The van der Waals surface area contributed by atoms with Crippen molar-refractivity contribution in [3.8, 4) is 17.2 Å². The lowest BCUT2D eigenvalue weighted by Gasteiger charge is -2.17. The summed E-state index contributed by atoms with van der Waals surface area (Å²) in [6.07, 6.45) is 0. The fraction of sp³-hybridized carbons (Fsp3) is 0.222. The van der Waals surface area contributed by atoms with E-state index in [1.54, 1.807) is 10.6 Å². The van der Waals surface area contributed by atoms with Crippen molar-refractivity contribution < 1.29 is 14.3 Å². The molecule has 7 nitrogen and oxygen atoms in total. The molecule has 2 heterocycles. The fourth-order valence-electron chi connectivity index (χ4n) is 4.16. The van der Waals surface area contributed by atoms with E-state index in [9.17, 15) is 9.59 Å². The molecule has 1 N–H and O–H groups in total. The van der Waals surface area contributed by atoms with Crippen molar-refractivity contribution >= 4 is 28.6 Å². The Morgan fingerprint density at radius 1 is 1.09 bits per heavy atom. The molecule has 1 unspecified atom stereocenters. The first-order valence-electron chi connectivity index (χ1n) is 11.3. The lowest BCUT2D eigenvalue weighted by atomic mass is 10.1. The molecule has 1 amide bonds. The van der Waals surface area contributed by atoms with Crippen molar-refractivity contribution in [1.82, 2.24) is 14.9 Å². The van der Waals surface area contributed by atoms with Crippen LogP contribution in [-0.4, -0.2) is 28.0 Å².